The summed E-state index contributed by atoms with van der Waals surface area (Å²) in [6, 6.07) is 2.64. The summed E-state index contributed by atoms with van der Waals surface area (Å²) in [4.78, 5) is 1.94. The molecule has 0 bridgehead atoms. The Hall–Kier alpha value is -1.47. The summed E-state index contributed by atoms with van der Waals surface area (Å²) >= 11 is 0. The van der Waals surface area contributed by atoms with E-state index in [-0.39, 0.29) is 11.4 Å². The zero-order chi connectivity index (χ0) is 21.1. The molecule has 2 N–H and O–H groups in total. The van der Waals surface area contributed by atoms with E-state index >= 15 is 0 Å². The van der Waals surface area contributed by atoms with E-state index in [0.29, 0.717) is 22.5 Å². The number of pyridine rings is 1. The van der Waals surface area contributed by atoms with E-state index in [1.807, 2.05) is 4.90 Å². The van der Waals surface area contributed by atoms with Crippen LogP contribution in [0.4, 0.5) is 4.39 Å². The summed E-state index contributed by atoms with van der Waals surface area (Å²) in [5.41, 5.74) is 1.88. The number of nitrogens with one attached hydrogen (secondary N) is 2. The van der Waals surface area contributed by atoms with Crippen molar-refractivity contribution < 1.29 is 8.82 Å². The van der Waals surface area contributed by atoms with E-state index in [2.05, 4.69) is 41.5 Å². The molecule has 7 heteroatoms. The molecule has 1 aliphatic rings. The van der Waals surface area contributed by atoms with Gasteiger partial charge in [0.15, 0.2) is 8.32 Å². The second-order valence-electron chi connectivity index (χ2n) is 8.99. The van der Waals surface area contributed by atoms with E-state index in [4.69, 9.17) is 15.2 Å². The van der Waals surface area contributed by atoms with Crippen molar-refractivity contribution in [2.45, 2.75) is 71.0 Å². The highest BCUT2D eigenvalue weighted by Gasteiger charge is 2.45. The van der Waals surface area contributed by atoms with Crippen molar-refractivity contribution in [3.63, 3.8) is 0 Å². The van der Waals surface area contributed by atoms with Gasteiger partial charge in [-0.1, -0.05) is 41.5 Å². The number of nitrogens with zero attached hydrogens (tertiary/aromatic N) is 2. The SMILES string of the molecule is CC(C)[Si](OCC1CCN(C(=N)n2cc(F)ccc2=N)CC1)(C(C)C)C(C)C. The van der Waals surface area contributed by atoms with Crippen molar-refractivity contribution in [3.8, 4) is 0 Å². The molecule has 1 fully saturated rings. The van der Waals surface area contributed by atoms with Gasteiger partial charge in [-0.2, -0.15) is 0 Å². The van der Waals surface area contributed by atoms with Gasteiger partial charge in [-0.05, 0) is 47.5 Å². The van der Waals surface area contributed by atoms with E-state index in [1.165, 1.54) is 22.9 Å². The van der Waals surface area contributed by atoms with Gasteiger partial charge >= 0.3 is 0 Å². The Labute approximate surface area is 170 Å². The fourth-order valence-corrected chi connectivity index (χ4v) is 10.4. The summed E-state index contributed by atoms with van der Waals surface area (Å²) < 4.78 is 21.6. The van der Waals surface area contributed by atoms with Gasteiger partial charge in [0.25, 0.3) is 0 Å². The Kier molecular flexibility index (Phi) is 7.62. The van der Waals surface area contributed by atoms with Crippen LogP contribution in [0.1, 0.15) is 54.4 Å². The lowest BCUT2D eigenvalue weighted by molar-refractivity contribution is 0.164. The maximum Gasteiger partial charge on any atom is 0.203 e. The van der Waals surface area contributed by atoms with Crippen molar-refractivity contribution in [2.24, 2.45) is 5.92 Å². The van der Waals surface area contributed by atoms with Crippen LogP contribution >= 0.6 is 0 Å². The van der Waals surface area contributed by atoms with Gasteiger partial charge in [-0.3, -0.25) is 15.4 Å². The summed E-state index contributed by atoms with van der Waals surface area (Å²) in [6.07, 6.45) is 3.14. The highest BCUT2D eigenvalue weighted by atomic mass is 28.4. The Bertz CT molecular complexity index is 702. The average Bonchev–Trinajstić information content (AvgIpc) is 2.63. The molecule has 158 valence electrons. The topological polar surface area (TPSA) is 65.1 Å². The third-order valence-electron chi connectivity index (χ3n) is 6.33. The van der Waals surface area contributed by atoms with Gasteiger partial charge in [0.05, 0.1) is 0 Å². The van der Waals surface area contributed by atoms with Crippen LogP contribution in [-0.2, 0) is 4.43 Å². The maximum atomic E-state index is 13.5. The number of piperidine rings is 1. The fraction of sp³-hybridized carbons (Fsp3) is 0.714. The number of aromatic nitrogens is 1. The Morgan fingerprint density at radius 2 is 1.64 bits per heavy atom. The van der Waals surface area contributed by atoms with E-state index in [9.17, 15) is 4.39 Å². The van der Waals surface area contributed by atoms with Gasteiger partial charge in [0.2, 0.25) is 5.96 Å². The molecule has 0 spiro atoms. The first-order chi connectivity index (χ1) is 13.1. The predicted octanol–water partition coefficient (Wildman–Crippen LogP) is 4.79. The predicted molar refractivity (Wildman–Crippen MR) is 115 cm³/mol. The van der Waals surface area contributed by atoms with Crippen LogP contribution in [0.3, 0.4) is 0 Å². The van der Waals surface area contributed by atoms with Crippen molar-refractivity contribution in [1.29, 1.82) is 10.8 Å². The number of likely N-dealkylation sites (tertiary alicyclic amines) is 1. The molecule has 0 radical (unpaired) electrons. The first kappa shape index (κ1) is 22.8. The molecule has 28 heavy (non-hydrogen) atoms. The second kappa shape index (κ2) is 9.35. The number of halogens is 1. The first-order valence-corrected chi connectivity index (χ1v) is 12.6. The number of hydrogen-bond donors (Lipinski definition) is 2. The molecule has 0 unspecified atom stereocenters. The molecule has 0 aromatic carbocycles. The highest BCUT2D eigenvalue weighted by molar-refractivity contribution is 6.77. The van der Waals surface area contributed by atoms with Crippen LogP contribution < -0.4 is 5.49 Å². The smallest absolute Gasteiger partial charge is 0.203 e. The minimum Gasteiger partial charge on any atom is -0.416 e. The van der Waals surface area contributed by atoms with E-state index in [1.54, 1.807) is 0 Å². The molecule has 1 aliphatic heterocycles. The third kappa shape index (κ3) is 4.74. The number of rotatable bonds is 6. The average molecular weight is 409 g/mol. The molecule has 0 atom stereocenters. The molecular weight excluding hydrogens is 371 g/mol. The molecule has 2 heterocycles. The standard InChI is InChI=1S/C21H37FN4OSi/c1-15(2)28(16(3)4,17(5)6)27-14-18-9-11-25(12-10-18)21(24)26-13-19(22)7-8-20(26)23/h7-8,13,15-18,23-24H,9-12,14H2,1-6H3. The largest absolute Gasteiger partial charge is 0.416 e. The lowest BCUT2D eigenvalue weighted by Crippen LogP contribution is -2.50. The van der Waals surface area contributed by atoms with Crippen LogP contribution in [0, 0.1) is 22.6 Å². The van der Waals surface area contributed by atoms with Crippen molar-refractivity contribution >= 4 is 14.3 Å². The molecule has 2 rings (SSSR count). The fourth-order valence-electron chi connectivity index (χ4n) is 4.88. The van der Waals surface area contributed by atoms with Crippen LogP contribution in [0.25, 0.3) is 0 Å². The van der Waals surface area contributed by atoms with Crippen LogP contribution in [0.15, 0.2) is 18.3 Å². The number of hydrogen-bond acceptors (Lipinski definition) is 3. The van der Waals surface area contributed by atoms with Gasteiger partial charge < -0.3 is 9.33 Å². The molecule has 0 saturated carbocycles. The minimum atomic E-state index is -1.84. The van der Waals surface area contributed by atoms with Crippen molar-refractivity contribution in [3.05, 3.63) is 29.6 Å². The quantitative estimate of drug-likeness (QED) is 0.404. The lowest BCUT2D eigenvalue weighted by atomic mass is 9.98. The zero-order valence-corrected chi connectivity index (χ0v) is 19.3. The molecule has 1 aromatic heterocycles. The van der Waals surface area contributed by atoms with Crippen molar-refractivity contribution in [2.75, 3.05) is 19.7 Å². The summed E-state index contributed by atoms with van der Waals surface area (Å²) in [6.45, 7) is 16.2. The maximum absolute atomic E-state index is 13.5. The van der Waals surface area contributed by atoms with E-state index in [0.717, 1.165) is 32.5 Å². The molecular formula is C21H37FN4OSi. The minimum absolute atomic E-state index is 0.124. The Balaban J connectivity index is 1.97. The monoisotopic (exact) mass is 408 g/mol. The molecule has 1 saturated heterocycles. The third-order valence-corrected chi connectivity index (χ3v) is 12.4. The first-order valence-electron chi connectivity index (χ1n) is 10.5. The van der Waals surface area contributed by atoms with Crippen LogP contribution in [-0.4, -0.2) is 43.4 Å². The molecule has 5 nitrogen and oxygen atoms in total. The molecule has 1 aromatic rings. The summed E-state index contributed by atoms with van der Waals surface area (Å²) in [5, 5.41) is 16.3. The summed E-state index contributed by atoms with van der Waals surface area (Å²) in [7, 11) is -1.84. The molecule has 0 amide bonds. The molecule has 0 aliphatic carbocycles. The Morgan fingerprint density at radius 1 is 1.11 bits per heavy atom. The van der Waals surface area contributed by atoms with Gasteiger partial charge in [-0.25, -0.2) is 4.39 Å². The highest BCUT2D eigenvalue weighted by Crippen LogP contribution is 2.42. The normalized spacial score (nSPS) is 16.4. The van der Waals surface area contributed by atoms with Gasteiger partial charge in [0.1, 0.15) is 11.3 Å². The summed E-state index contributed by atoms with van der Waals surface area (Å²) in [5.74, 6) is 0.251. The Morgan fingerprint density at radius 3 is 2.14 bits per heavy atom. The zero-order valence-electron chi connectivity index (χ0n) is 18.3. The van der Waals surface area contributed by atoms with E-state index < -0.39 is 14.1 Å². The second-order valence-corrected chi connectivity index (χ2v) is 14.4. The van der Waals surface area contributed by atoms with Crippen molar-refractivity contribution in [1.82, 2.24) is 9.47 Å². The van der Waals surface area contributed by atoms with Crippen LogP contribution in [0.5, 0.6) is 0 Å². The van der Waals surface area contributed by atoms with Crippen LogP contribution in [0.2, 0.25) is 16.6 Å². The lowest BCUT2D eigenvalue weighted by Gasteiger charge is -2.44. The van der Waals surface area contributed by atoms with Gasteiger partial charge in [-0.15, -0.1) is 0 Å². The van der Waals surface area contributed by atoms with Gasteiger partial charge in [0, 0.05) is 25.9 Å².